The first-order valence-corrected chi connectivity index (χ1v) is 8.87. The summed E-state index contributed by atoms with van der Waals surface area (Å²) in [6.07, 6.45) is 4.36. The van der Waals surface area contributed by atoms with Gasteiger partial charge in [-0.05, 0) is 71.2 Å². The molecule has 1 saturated carbocycles. The summed E-state index contributed by atoms with van der Waals surface area (Å²) in [5, 5.41) is 9.61. The number of halogens is 2. The molecule has 2 aromatic rings. The van der Waals surface area contributed by atoms with Crippen molar-refractivity contribution < 1.29 is 9.50 Å². The Balaban J connectivity index is 2.26. The predicted molar refractivity (Wildman–Crippen MR) is 95.6 cm³/mol. The van der Waals surface area contributed by atoms with Gasteiger partial charge in [-0.3, -0.25) is 0 Å². The third kappa shape index (κ3) is 2.53. The van der Waals surface area contributed by atoms with Crippen molar-refractivity contribution in [2.24, 2.45) is 5.92 Å². The maximum Gasteiger partial charge on any atom is 0.128 e. The highest BCUT2D eigenvalue weighted by Gasteiger charge is 2.44. The van der Waals surface area contributed by atoms with Gasteiger partial charge in [0.2, 0.25) is 0 Å². The van der Waals surface area contributed by atoms with Crippen LogP contribution in [0.15, 0.2) is 42.5 Å². The minimum Gasteiger partial charge on any atom is -0.508 e. The van der Waals surface area contributed by atoms with Crippen LogP contribution in [0.4, 0.5) is 4.39 Å². The number of rotatable bonds is 2. The largest absolute Gasteiger partial charge is 0.508 e. The number of phenols is 1. The Kier molecular flexibility index (Phi) is 4.44. The summed E-state index contributed by atoms with van der Waals surface area (Å²) < 4.78 is 15.7. The summed E-state index contributed by atoms with van der Waals surface area (Å²) in [5.74, 6) is 0.510. The standard InChI is InChI=1S/C19H20FIO/c1-13-5-2-3-12-19(13,14-8-10-15(22)11-9-14)18-16(20)6-4-7-17(18)21/h4,6-11,13,22H,2-3,5,12H2,1H3. The minimum atomic E-state index is -0.298. The van der Waals surface area contributed by atoms with Crippen molar-refractivity contribution in [3.63, 3.8) is 0 Å². The molecule has 0 bridgehead atoms. The number of phenolic OH excluding ortho intramolecular Hbond substituents is 1. The Bertz CT molecular complexity index is 647. The van der Waals surface area contributed by atoms with E-state index in [1.807, 2.05) is 18.2 Å². The molecule has 2 unspecified atom stereocenters. The molecule has 3 rings (SSSR count). The molecule has 2 aromatic carbocycles. The summed E-state index contributed by atoms with van der Waals surface area (Å²) in [7, 11) is 0. The van der Waals surface area contributed by atoms with E-state index in [9.17, 15) is 9.50 Å². The second kappa shape index (κ2) is 6.19. The van der Waals surface area contributed by atoms with Crippen LogP contribution in [0.25, 0.3) is 0 Å². The molecule has 1 fully saturated rings. The molecule has 22 heavy (non-hydrogen) atoms. The molecule has 0 radical (unpaired) electrons. The second-order valence-corrected chi connectivity index (χ2v) is 7.42. The lowest BCUT2D eigenvalue weighted by atomic mass is 9.59. The van der Waals surface area contributed by atoms with E-state index >= 15 is 0 Å². The van der Waals surface area contributed by atoms with Crippen LogP contribution < -0.4 is 0 Å². The molecule has 2 atom stereocenters. The molecule has 1 aliphatic carbocycles. The van der Waals surface area contributed by atoms with Crippen LogP contribution >= 0.6 is 22.6 Å². The fraction of sp³-hybridized carbons (Fsp3) is 0.368. The van der Waals surface area contributed by atoms with Crippen LogP contribution in [-0.2, 0) is 5.41 Å². The van der Waals surface area contributed by atoms with Gasteiger partial charge in [-0.25, -0.2) is 4.39 Å². The molecule has 0 aliphatic heterocycles. The third-order valence-corrected chi connectivity index (χ3v) is 5.99. The first-order chi connectivity index (χ1) is 10.6. The van der Waals surface area contributed by atoms with Crippen LogP contribution in [0.3, 0.4) is 0 Å². The minimum absolute atomic E-state index is 0.117. The van der Waals surface area contributed by atoms with Gasteiger partial charge >= 0.3 is 0 Å². The monoisotopic (exact) mass is 410 g/mol. The lowest BCUT2D eigenvalue weighted by Gasteiger charge is -2.44. The summed E-state index contributed by atoms with van der Waals surface area (Å²) in [6.45, 7) is 2.23. The molecule has 0 amide bonds. The van der Waals surface area contributed by atoms with Crippen molar-refractivity contribution in [1.82, 2.24) is 0 Å². The zero-order chi connectivity index (χ0) is 15.7. The third-order valence-electron chi connectivity index (χ3n) is 5.09. The summed E-state index contributed by atoms with van der Waals surface area (Å²) >= 11 is 2.25. The molecular formula is C19H20FIO. The maximum absolute atomic E-state index is 14.8. The zero-order valence-corrected chi connectivity index (χ0v) is 14.8. The van der Waals surface area contributed by atoms with Crippen LogP contribution in [0.2, 0.25) is 0 Å². The molecule has 3 heteroatoms. The summed E-state index contributed by atoms with van der Waals surface area (Å²) in [6, 6.07) is 12.7. The van der Waals surface area contributed by atoms with Gasteiger partial charge in [0, 0.05) is 14.5 Å². The molecule has 0 heterocycles. The van der Waals surface area contributed by atoms with E-state index in [1.165, 1.54) is 6.42 Å². The summed E-state index contributed by atoms with van der Waals surface area (Å²) in [4.78, 5) is 0. The number of benzene rings is 2. The smallest absolute Gasteiger partial charge is 0.128 e. The quantitative estimate of drug-likeness (QED) is 0.636. The van der Waals surface area contributed by atoms with Gasteiger partial charge in [0.15, 0.2) is 0 Å². The Labute approximate surface area is 144 Å². The van der Waals surface area contributed by atoms with E-state index in [4.69, 9.17) is 0 Å². The van der Waals surface area contributed by atoms with Crippen LogP contribution in [0.5, 0.6) is 5.75 Å². The lowest BCUT2D eigenvalue weighted by molar-refractivity contribution is 0.236. The van der Waals surface area contributed by atoms with E-state index in [2.05, 4.69) is 29.5 Å². The van der Waals surface area contributed by atoms with E-state index < -0.39 is 0 Å². The van der Waals surface area contributed by atoms with Crippen molar-refractivity contribution in [2.45, 2.75) is 38.0 Å². The molecule has 116 valence electrons. The van der Waals surface area contributed by atoms with Crippen molar-refractivity contribution >= 4 is 22.6 Å². The first kappa shape index (κ1) is 15.8. The molecule has 0 aromatic heterocycles. The fourth-order valence-electron chi connectivity index (χ4n) is 3.97. The van der Waals surface area contributed by atoms with Crippen LogP contribution in [0.1, 0.15) is 43.7 Å². The highest BCUT2D eigenvalue weighted by atomic mass is 127. The molecular weight excluding hydrogens is 390 g/mol. The topological polar surface area (TPSA) is 20.2 Å². The highest BCUT2D eigenvalue weighted by molar-refractivity contribution is 14.1. The molecule has 0 saturated heterocycles. The van der Waals surface area contributed by atoms with Gasteiger partial charge in [0.05, 0.1) is 0 Å². The number of hydrogen-bond acceptors (Lipinski definition) is 1. The van der Waals surface area contributed by atoms with Gasteiger partial charge in [-0.1, -0.05) is 38.0 Å². The Morgan fingerprint density at radius 2 is 1.86 bits per heavy atom. The Morgan fingerprint density at radius 3 is 2.50 bits per heavy atom. The van der Waals surface area contributed by atoms with Gasteiger partial charge in [-0.15, -0.1) is 0 Å². The highest BCUT2D eigenvalue weighted by Crippen LogP contribution is 2.50. The van der Waals surface area contributed by atoms with E-state index in [0.717, 1.165) is 34.0 Å². The van der Waals surface area contributed by atoms with E-state index in [-0.39, 0.29) is 17.0 Å². The average molecular weight is 410 g/mol. The first-order valence-electron chi connectivity index (χ1n) is 7.79. The predicted octanol–water partition coefficient (Wildman–Crippen LogP) is 5.63. The number of hydrogen-bond donors (Lipinski definition) is 1. The maximum atomic E-state index is 14.8. The Morgan fingerprint density at radius 1 is 1.14 bits per heavy atom. The second-order valence-electron chi connectivity index (χ2n) is 6.26. The van der Waals surface area contributed by atoms with Gasteiger partial charge in [-0.2, -0.15) is 0 Å². The molecule has 1 nitrogen and oxygen atoms in total. The molecule has 1 N–H and O–H groups in total. The zero-order valence-electron chi connectivity index (χ0n) is 12.7. The molecule has 0 spiro atoms. The van der Waals surface area contributed by atoms with E-state index in [1.54, 1.807) is 24.3 Å². The molecule has 1 aliphatic rings. The fourth-order valence-corrected chi connectivity index (χ4v) is 4.92. The summed E-state index contributed by atoms with van der Waals surface area (Å²) in [5.41, 5.74) is 1.64. The lowest BCUT2D eigenvalue weighted by Crippen LogP contribution is -2.39. The van der Waals surface area contributed by atoms with Crippen LogP contribution in [-0.4, -0.2) is 5.11 Å². The number of aromatic hydroxyl groups is 1. The van der Waals surface area contributed by atoms with Crippen LogP contribution in [0, 0.1) is 15.3 Å². The van der Waals surface area contributed by atoms with Gasteiger partial charge in [0.1, 0.15) is 11.6 Å². The van der Waals surface area contributed by atoms with Crippen molar-refractivity contribution in [3.05, 3.63) is 63.0 Å². The SMILES string of the molecule is CC1CCCCC1(c1ccc(O)cc1)c1c(F)cccc1I. The normalized spacial score (nSPS) is 25.1. The van der Waals surface area contributed by atoms with Crippen molar-refractivity contribution in [3.8, 4) is 5.75 Å². The van der Waals surface area contributed by atoms with Crippen molar-refractivity contribution in [2.75, 3.05) is 0 Å². The Hall–Kier alpha value is -1.10. The van der Waals surface area contributed by atoms with Gasteiger partial charge in [0.25, 0.3) is 0 Å². The van der Waals surface area contributed by atoms with Gasteiger partial charge < -0.3 is 5.11 Å². The average Bonchev–Trinajstić information content (AvgIpc) is 2.50. The van der Waals surface area contributed by atoms with E-state index in [0.29, 0.717) is 5.92 Å². The van der Waals surface area contributed by atoms with Crippen molar-refractivity contribution in [1.29, 1.82) is 0 Å².